The van der Waals surface area contributed by atoms with Crippen molar-refractivity contribution in [2.45, 2.75) is 6.92 Å². The highest BCUT2D eigenvalue weighted by molar-refractivity contribution is 5.91. The molecule has 26 heavy (non-hydrogen) atoms. The Kier molecular flexibility index (Phi) is 4.06. The van der Waals surface area contributed by atoms with Crippen LogP contribution in [0.3, 0.4) is 0 Å². The number of amides is 1. The van der Waals surface area contributed by atoms with E-state index in [0.717, 1.165) is 16.7 Å². The Morgan fingerprint density at radius 2 is 1.96 bits per heavy atom. The molecule has 3 aromatic rings. The summed E-state index contributed by atoms with van der Waals surface area (Å²) in [6.07, 6.45) is 1.48. The maximum Gasteiger partial charge on any atom is 0.329 e. The molecule has 1 aromatic heterocycles. The molecule has 0 radical (unpaired) electrons. The molecule has 8 heteroatoms. The third-order valence-electron chi connectivity index (χ3n) is 3.71. The Hall–Kier alpha value is -3.68. The van der Waals surface area contributed by atoms with Crippen molar-refractivity contribution in [2.24, 2.45) is 5.10 Å². The van der Waals surface area contributed by atoms with Gasteiger partial charge in [0.15, 0.2) is 11.5 Å². The average molecular weight is 350 g/mol. The van der Waals surface area contributed by atoms with E-state index in [9.17, 15) is 4.79 Å². The van der Waals surface area contributed by atoms with Crippen LogP contribution in [0.5, 0.6) is 11.5 Å². The quantitative estimate of drug-likeness (QED) is 0.573. The highest BCUT2D eigenvalue weighted by atomic mass is 16.7. The van der Waals surface area contributed by atoms with Crippen molar-refractivity contribution in [1.29, 1.82) is 0 Å². The second kappa shape index (κ2) is 6.67. The van der Waals surface area contributed by atoms with E-state index in [1.165, 1.54) is 6.21 Å². The normalized spacial score (nSPS) is 12.5. The standard InChI is InChI=1S/C18H14N4O4/c1-11-2-5-13(6-3-11)16-20-18(26-22-16)17(23)21-19-9-12-4-7-14-15(8-12)25-10-24-14/h2-9H,10H2,1H3,(H,21,23)/b19-9+. The molecule has 0 saturated carbocycles. The van der Waals surface area contributed by atoms with Gasteiger partial charge in [-0.25, -0.2) is 5.43 Å². The van der Waals surface area contributed by atoms with E-state index in [1.807, 2.05) is 31.2 Å². The number of aromatic nitrogens is 2. The van der Waals surface area contributed by atoms with E-state index in [4.69, 9.17) is 14.0 Å². The lowest BCUT2D eigenvalue weighted by molar-refractivity contribution is 0.0911. The molecular formula is C18H14N4O4. The van der Waals surface area contributed by atoms with Crippen molar-refractivity contribution in [3.63, 3.8) is 0 Å². The van der Waals surface area contributed by atoms with Crippen LogP contribution in [0.4, 0.5) is 0 Å². The number of hydrogen-bond donors (Lipinski definition) is 1. The van der Waals surface area contributed by atoms with E-state index in [0.29, 0.717) is 17.3 Å². The van der Waals surface area contributed by atoms with Crippen LogP contribution in [-0.4, -0.2) is 29.1 Å². The summed E-state index contributed by atoms with van der Waals surface area (Å²) in [5, 5.41) is 7.70. The number of ether oxygens (including phenoxy) is 2. The minimum Gasteiger partial charge on any atom is -0.454 e. The number of hydrazone groups is 1. The molecule has 1 aliphatic heterocycles. The molecule has 2 heterocycles. The average Bonchev–Trinajstić information content (AvgIpc) is 3.31. The van der Waals surface area contributed by atoms with Crippen molar-refractivity contribution in [1.82, 2.24) is 15.6 Å². The van der Waals surface area contributed by atoms with Crippen LogP contribution >= 0.6 is 0 Å². The van der Waals surface area contributed by atoms with Gasteiger partial charge in [0.1, 0.15) is 0 Å². The highest BCUT2D eigenvalue weighted by Gasteiger charge is 2.16. The number of nitrogens with one attached hydrogen (secondary N) is 1. The monoisotopic (exact) mass is 350 g/mol. The van der Waals surface area contributed by atoms with E-state index >= 15 is 0 Å². The predicted octanol–water partition coefficient (Wildman–Crippen LogP) is 2.54. The molecule has 2 aromatic carbocycles. The molecular weight excluding hydrogens is 336 g/mol. The molecule has 0 fully saturated rings. The van der Waals surface area contributed by atoms with Crippen LogP contribution < -0.4 is 14.9 Å². The van der Waals surface area contributed by atoms with Gasteiger partial charge in [0.25, 0.3) is 0 Å². The fourth-order valence-corrected chi connectivity index (χ4v) is 2.34. The van der Waals surface area contributed by atoms with Gasteiger partial charge in [0, 0.05) is 5.56 Å². The van der Waals surface area contributed by atoms with Gasteiger partial charge in [-0.1, -0.05) is 35.0 Å². The fraction of sp³-hybridized carbons (Fsp3) is 0.111. The van der Waals surface area contributed by atoms with Gasteiger partial charge in [-0.3, -0.25) is 4.79 Å². The number of carbonyl (C=O) groups is 1. The molecule has 8 nitrogen and oxygen atoms in total. The Balaban J connectivity index is 1.41. The van der Waals surface area contributed by atoms with Crippen LogP contribution in [0.25, 0.3) is 11.4 Å². The highest BCUT2D eigenvalue weighted by Crippen LogP contribution is 2.31. The zero-order valence-corrected chi connectivity index (χ0v) is 13.8. The number of carbonyl (C=O) groups excluding carboxylic acids is 1. The Morgan fingerprint density at radius 1 is 1.15 bits per heavy atom. The third kappa shape index (κ3) is 3.25. The lowest BCUT2D eigenvalue weighted by atomic mass is 10.1. The van der Waals surface area contributed by atoms with Crippen molar-refractivity contribution in [3.05, 3.63) is 59.5 Å². The summed E-state index contributed by atoms with van der Waals surface area (Å²) in [7, 11) is 0. The molecule has 130 valence electrons. The second-order valence-corrected chi connectivity index (χ2v) is 5.60. The Labute approximate surface area is 148 Å². The molecule has 1 amide bonds. The molecule has 1 aliphatic rings. The number of nitrogens with zero attached hydrogens (tertiary/aromatic N) is 3. The SMILES string of the molecule is Cc1ccc(-c2noc(C(=O)N/N=C/c3ccc4c(c3)OCO4)n2)cc1. The smallest absolute Gasteiger partial charge is 0.329 e. The van der Waals surface area contributed by atoms with Gasteiger partial charge in [-0.2, -0.15) is 10.1 Å². The number of hydrogen-bond acceptors (Lipinski definition) is 7. The summed E-state index contributed by atoms with van der Waals surface area (Å²) in [5.74, 6) is 0.909. The predicted molar refractivity (Wildman–Crippen MR) is 92.1 cm³/mol. The lowest BCUT2D eigenvalue weighted by Gasteiger charge is -1.97. The van der Waals surface area contributed by atoms with Crippen molar-refractivity contribution >= 4 is 12.1 Å². The minimum atomic E-state index is -0.590. The first-order valence-electron chi connectivity index (χ1n) is 7.83. The lowest BCUT2D eigenvalue weighted by Crippen LogP contribution is -2.17. The van der Waals surface area contributed by atoms with Gasteiger partial charge in [0.2, 0.25) is 12.6 Å². The van der Waals surface area contributed by atoms with E-state index < -0.39 is 5.91 Å². The molecule has 0 aliphatic carbocycles. The Morgan fingerprint density at radius 3 is 2.81 bits per heavy atom. The molecule has 0 spiro atoms. The van der Waals surface area contributed by atoms with Gasteiger partial charge in [-0.15, -0.1) is 0 Å². The van der Waals surface area contributed by atoms with E-state index in [1.54, 1.807) is 18.2 Å². The van der Waals surface area contributed by atoms with Crippen LogP contribution in [0, 0.1) is 6.92 Å². The molecule has 1 N–H and O–H groups in total. The van der Waals surface area contributed by atoms with Crippen LogP contribution in [0.15, 0.2) is 52.1 Å². The first-order chi connectivity index (χ1) is 12.7. The molecule has 0 unspecified atom stereocenters. The van der Waals surface area contributed by atoms with E-state index in [2.05, 4.69) is 20.7 Å². The summed E-state index contributed by atoms with van der Waals surface area (Å²) < 4.78 is 15.5. The van der Waals surface area contributed by atoms with Gasteiger partial charge >= 0.3 is 11.8 Å². The van der Waals surface area contributed by atoms with Gasteiger partial charge < -0.3 is 14.0 Å². The first-order valence-corrected chi connectivity index (χ1v) is 7.83. The maximum absolute atomic E-state index is 12.1. The van der Waals surface area contributed by atoms with Crippen LogP contribution in [0.2, 0.25) is 0 Å². The summed E-state index contributed by atoms with van der Waals surface area (Å²) in [6.45, 7) is 2.18. The van der Waals surface area contributed by atoms with Crippen LogP contribution in [0.1, 0.15) is 21.8 Å². The number of benzene rings is 2. The minimum absolute atomic E-state index is 0.164. The van der Waals surface area contributed by atoms with Crippen LogP contribution in [-0.2, 0) is 0 Å². The molecule has 0 bridgehead atoms. The Bertz CT molecular complexity index is 979. The van der Waals surface area contributed by atoms with Crippen molar-refractivity contribution in [3.8, 4) is 22.9 Å². The number of rotatable bonds is 4. The zero-order chi connectivity index (χ0) is 17.9. The summed E-state index contributed by atoms with van der Waals surface area (Å²) in [5.41, 5.74) is 4.99. The largest absolute Gasteiger partial charge is 0.454 e. The topological polar surface area (TPSA) is 98.8 Å². The summed E-state index contributed by atoms with van der Waals surface area (Å²) >= 11 is 0. The number of aryl methyl sites for hydroxylation is 1. The van der Waals surface area contributed by atoms with Gasteiger partial charge in [-0.05, 0) is 30.7 Å². The summed E-state index contributed by atoms with van der Waals surface area (Å²) in [4.78, 5) is 16.1. The van der Waals surface area contributed by atoms with Gasteiger partial charge in [0.05, 0.1) is 6.21 Å². The molecule has 0 atom stereocenters. The first kappa shape index (κ1) is 15.8. The molecule has 0 saturated heterocycles. The summed E-state index contributed by atoms with van der Waals surface area (Å²) in [6, 6.07) is 12.9. The fourth-order valence-electron chi connectivity index (χ4n) is 2.34. The second-order valence-electron chi connectivity index (χ2n) is 5.60. The van der Waals surface area contributed by atoms with Crippen molar-refractivity contribution in [2.75, 3.05) is 6.79 Å². The third-order valence-corrected chi connectivity index (χ3v) is 3.71. The number of fused-ring (bicyclic) bond motifs is 1. The van der Waals surface area contributed by atoms with Crippen molar-refractivity contribution < 1.29 is 18.8 Å². The van der Waals surface area contributed by atoms with E-state index in [-0.39, 0.29) is 12.7 Å². The molecule has 4 rings (SSSR count). The maximum atomic E-state index is 12.1. The zero-order valence-electron chi connectivity index (χ0n) is 13.8.